The molecule has 0 unspecified atom stereocenters. The molecule has 3 rings (SSSR count). The van der Waals surface area contributed by atoms with Crippen LogP contribution in [0, 0.1) is 13.8 Å². The van der Waals surface area contributed by atoms with Crippen LogP contribution in [0.1, 0.15) is 21.6 Å². The maximum absolute atomic E-state index is 12.8. The number of aryl methyl sites for hydroxylation is 2. The number of benzene rings is 2. The minimum atomic E-state index is -0.289. The second-order valence-electron chi connectivity index (χ2n) is 6.98. The van der Waals surface area contributed by atoms with Crippen LogP contribution in [-0.4, -0.2) is 47.2 Å². The number of nitrogens with zero attached hydrogens (tertiary/aromatic N) is 3. The van der Waals surface area contributed by atoms with Crippen molar-refractivity contribution in [3.8, 4) is 11.4 Å². The number of carbonyl (C=O) groups excluding carboxylic acids is 2. The molecule has 0 atom stereocenters. The molecule has 2 aromatic carbocycles. The van der Waals surface area contributed by atoms with Crippen molar-refractivity contribution in [1.29, 1.82) is 0 Å². The zero-order valence-electron chi connectivity index (χ0n) is 17.0. The molecule has 0 aliphatic rings. The lowest BCUT2D eigenvalue weighted by atomic mass is 10.2. The molecule has 2 amide bonds. The Bertz CT molecular complexity index is 1020. The average molecular weight is 392 g/mol. The highest BCUT2D eigenvalue weighted by Gasteiger charge is 2.14. The van der Waals surface area contributed by atoms with E-state index in [1.807, 2.05) is 44.2 Å². The fraction of sp³-hybridized carbons (Fsp3) is 0.227. The van der Waals surface area contributed by atoms with E-state index >= 15 is 0 Å². The summed E-state index contributed by atoms with van der Waals surface area (Å²) in [6.45, 7) is 3.80. The molecule has 0 fully saturated rings. The summed E-state index contributed by atoms with van der Waals surface area (Å²) in [5.74, 6) is 0.585. The number of likely N-dealkylation sites (N-methyl/N-ethyl adjacent to an activating group) is 1. The van der Waals surface area contributed by atoms with Crippen LogP contribution in [0.25, 0.3) is 5.69 Å². The van der Waals surface area contributed by atoms with E-state index in [0.29, 0.717) is 17.1 Å². The molecule has 0 saturated carbocycles. The summed E-state index contributed by atoms with van der Waals surface area (Å²) in [6.07, 6.45) is 0. The van der Waals surface area contributed by atoms with Gasteiger partial charge in [-0.1, -0.05) is 23.8 Å². The third-order valence-electron chi connectivity index (χ3n) is 4.31. The van der Waals surface area contributed by atoms with Crippen LogP contribution in [0.5, 0.6) is 5.75 Å². The van der Waals surface area contributed by atoms with Crippen molar-refractivity contribution in [3.05, 3.63) is 71.4 Å². The summed E-state index contributed by atoms with van der Waals surface area (Å²) in [4.78, 5) is 25.9. The van der Waals surface area contributed by atoms with Crippen LogP contribution < -0.4 is 10.1 Å². The quantitative estimate of drug-likeness (QED) is 0.699. The molecular weight excluding hydrogens is 368 g/mol. The van der Waals surface area contributed by atoms with Gasteiger partial charge < -0.3 is 15.0 Å². The Hall–Kier alpha value is -3.61. The fourth-order valence-electron chi connectivity index (χ4n) is 2.66. The summed E-state index contributed by atoms with van der Waals surface area (Å²) in [5.41, 5.74) is 3.22. The van der Waals surface area contributed by atoms with Gasteiger partial charge in [-0.15, -0.1) is 0 Å². The van der Waals surface area contributed by atoms with Gasteiger partial charge in [-0.3, -0.25) is 9.59 Å². The third-order valence-corrected chi connectivity index (χ3v) is 4.31. The van der Waals surface area contributed by atoms with E-state index in [1.165, 1.54) is 4.90 Å². The van der Waals surface area contributed by atoms with Crippen LogP contribution in [0.15, 0.2) is 54.6 Å². The van der Waals surface area contributed by atoms with Gasteiger partial charge in [0.2, 0.25) is 0 Å². The minimum Gasteiger partial charge on any atom is -0.484 e. The van der Waals surface area contributed by atoms with Crippen molar-refractivity contribution < 1.29 is 14.3 Å². The van der Waals surface area contributed by atoms with Gasteiger partial charge in [-0.05, 0) is 44.2 Å². The number of amides is 2. The lowest BCUT2D eigenvalue weighted by Crippen LogP contribution is -2.27. The van der Waals surface area contributed by atoms with Crippen LogP contribution in [-0.2, 0) is 4.79 Å². The van der Waals surface area contributed by atoms with E-state index in [4.69, 9.17) is 4.74 Å². The molecule has 0 saturated heterocycles. The first-order valence-electron chi connectivity index (χ1n) is 9.21. The molecule has 29 heavy (non-hydrogen) atoms. The highest BCUT2D eigenvalue weighted by Crippen LogP contribution is 2.20. The van der Waals surface area contributed by atoms with Crippen molar-refractivity contribution in [3.63, 3.8) is 0 Å². The number of carbonyl (C=O) groups is 2. The molecule has 1 aromatic heterocycles. The first-order valence-corrected chi connectivity index (χ1v) is 9.21. The number of hydrogen-bond donors (Lipinski definition) is 1. The lowest BCUT2D eigenvalue weighted by Gasteiger charge is -2.12. The van der Waals surface area contributed by atoms with E-state index in [-0.39, 0.29) is 18.4 Å². The molecule has 1 heterocycles. The highest BCUT2D eigenvalue weighted by atomic mass is 16.5. The molecular formula is C22H24N4O3. The highest BCUT2D eigenvalue weighted by molar-refractivity contribution is 6.04. The molecule has 0 spiro atoms. The molecule has 150 valence electrons. The number of nitrogens with one attached hydrogen (secondary N) is 1. The predicted octanol–water partition coefficient (Wildman–Crippen LogP) is 3.21. The van der Waals surface area contributed by atoms with Gasteiger partial charge in [0, 0.05) is 25.7 Å². The van der Waals surface area contributed by atoms with Crippen LogP contribution in [0.3, 0.4) is 0 Å². The topological polar surface area (TPSA) is 76.5 Å². The Labute approximate surface area is 169 Å². The fourth-order valence-corrected chi connectivity index (χ4v) is 2.66. The second kappa shape index (κ2) is 8.60. The summed E-state index contributed by atoms with van der Waals surface area (Å²) in [7, 11) is 3.32. The molecule has 0 bridgehead atoms. The SMILES string of the molecule is Cc1ccc(-n2nc(C)cc2NC(=O)c2cccc(OCC(=O)N(C)C)c2)cc1. The van der Waals surface area contributed by atoms with Crippen molar-refractivity contribution >= 4 is 17.6 Å². The van der Waals surface area contributed by atoms with E-state index in [2.05, 4.69) is 10.4 Å². The number of hydrogen-bond acceptors (Lipinski definition) is 4. The van der Waals surface area contributed by atoms with E-state index in [1.54, 1.807) is 43.0 Å². The van der Waals surface area contributed by atoms with Crippen LogP contribution in [0.4, 0.5) is 5.82 Å². The molecule has 7 nitrogen and oxygen atoms in total. The van der Waals surface area contributed by atoms with Gasteiger partial charge in [0.15, 0.2) is 6.61 Å². The Morgan fingerprint density at radius 3 is 2.48 bits per heavy atom. The Morgan fingerprint density at radius 1 is 1.07 bits per heavy atom. The monoisotopic (exact) mass is 392 g/mol. The summed E-state index contributed by atoms with van der Waals surface area (Å²) >= 11 is 0. The summed E-state index contributed by atoms with van der Waals surface area (Å²) in [6, 6.07) is 16.4. The third kappa shape index (κ3) is 5.01. The number of rotatable bonds is 6. The first kappa shape index (κ1) is 20.1. The van der Waals surface area contributed by atoms with Crippen molar-refractivity contribution in [2.75, 3.05) is 26.0 Å². The van der Waals surface area contributed by atoms with E-state index in [9.17, 15) is 9.59 Å². The Kier molecular flexibility index (Phi) is 5.97. The molecule has 7 heteroatoms. The van der Waals surface area contributed by atoms with Gasteiger partial charge in [0.1, 0.15) is 11.6 Å². The first-order chi connectivity index (χ1) is 13.8. The largest absolute Gasteiger partial charge is 0.484 e. The summed E-state index contributed by atoms with van der Waals surface area (Å²) in [5, 5.41) is 7.38. The van der Waals surface area contributed by atoms with Gasteiger partial charge >= 0.3 is 0 Å². The van der Waals surface area contributed by atoms with Gasteiger partial charge in [-0.2, -0.15) is 5.10 Å². The zero-order chi connectivity index (χ0) is 21.0. The average Bonchev–Trinajstić information content (AvgIpc) is 3.06. The lowest BCUT2D eigenvalue weighted by molar-refractivity contribution is -0.130. The number of anilines is 1. The van der Waals surface area contributed by atoms with Crippen molar-refractivity contribution in [2.24, 2.45) is 0 Å². The predicted molar refractivity (Wildman–Crippen MR) is 112 cm³/mol. The van der Waals surface area contributed by atoms with E-state index < -0.39 is 0 Å². The van der Waals surface area contributed by atoms with Crippen molar-refractivity contribution in [1.82, 2.24) is 14.7 Å². The molecule has 3 aromatic rings. The summed E-state index contributed by atoms with van der Waals surface area (Å²) < 4.78 is 7.19. The maximum Gasteiger partial charge on any atom is 0.259 e. The van der Waals surface area contributed by atoms with Gasteiger partial charge in [0.25, 0.3) is 11.8 Å². The standard InChI is InChI=1S/C22H24N4O3/c1-15-8-10-18(11-9-15)26-20(12-16(2)24-26)23-22(28)17-6-5-7-19(13-17)29-14-21(27)25(3)4/h5-13H,14H2,1-4H3,(H,23,28). The van der Waals surface area contributed by atoms with Gasteiger partial charge in [0.05, 0.1) is 11.4 Å². The smallest absolute Gasteiger partial charge is 0.259 e. The van der Waals surface area contributed by atoms with Crippen LogP contribution in [0.2, 0.25) is 0 Å². The Morgan fingerprint density at radius 2 is 1.79 bits per heavy atom. The molecule has 0 aliphatic carbocycles. The number of ether oxygens (including phenoxy) is 1. The maximum atomic E-state index is 12.8. The second-order valence-corrected chi connectivity index (χ2v) is 6.98. The zero-order valence-corrected chi connectivity index (χ0v) is 17.0. The Balaban J connectivity index is 1.76. The molecule has 0 aliphatic heterocycles. The molecule has 1 N–H and O–H groups in total. The molecule has 0 radical (unpaired) electrons. The van der Waals surface area contributed by atoms with Crippen LogP contribution >= 0.6 is 0 Å². The van der Waals surface area contributed by atoms with Gasteiger partial charge in [-0.25, -0.2) is 4.68 Å². The van der Waals surface area contributed by atoms with E-state index in [0.717, 1.165) is 16.9 Å². The minimum absolute atomic E-state index is 0.0859. The van der Waals surface area contributed by atoms with Crippen molar-refractivity contribution in [2.45, 2.75) is 13.8 Å². The number of aromatic nitrogens is 2. The normalized spacial score (nSPS) is 10.5.